The van der Waals surface area contributed by atoms with Gasteiger partial charge < -0.3 is 9.74 Å². The average molecular weight is 388 g/mol. The van der Waals surface area contributed by atoms with Crippen molar-refractivity contribution in [2.75, 3.05) is 36.1 Å². The van der Waals surface area contributed by atoms with Crippen molar-refractivity contribution in [2.24, 2.45) is 0 Å². The highest BCUT2D eigenvalue weighted by Crippen LogP contribution is 2.28. The molecule has 0 spiro atoms. The molecule has 1 heterocycles. The Hall–Kier alpha value is -3.59. The summed E-state index contributed by atoms with van der Waals surface area (Å²) in [5.41, 5.74) is 2.61. The third kappa shape index (κ3) is 4.14. The number of amides is 2. The van der Waals surface area contributed by atoms with Crippen LogP contribution in [-0.2, 0) is 9.59 Å². The molecule has 0 unspecified atom stereocenters. The summed E-state index contributed by atoms with van der Waals surface area (Å²) in [6.07, 6.45) is 1.63. The lowest BCUT2D eigenvalue weighted by Crippen LogP contribution is -2.42. The second-order valence-electron chi connectivity index (χ2n) is 6.58. The van der Waals surface area contributed by atoms with Crippen LogP contribution < -0.4 is 9.91 Å². The number of rotatable bonds is 7. The summed E-state index contributed by atoms with van der Waals surface area (Å²) < 4.78 is 0. The molecule has 1 saturated heterocycles. The van der Waals surface area contributed by atoms with Gasteiger partial charge in [-0.25, -0.2) is 16.6 Å². The first-order valence-electron chi connectivity index (χ1n) is 9.71. The molecular weight excluding hydrogens is 364 g/mol. The lowest BCUT2D eigenvalue weighted by atomic mass is 10.1. The molecule has 6 heteroatoms. The van der Waals surface area contributed by atoms with Crippen LogP contribution in [0, 0.1) is 6.57 Å². The van der Waals surface area contributed by atoms with Crippen LogP contribution in [0.4, 0.5) is 11.4 Å². The van der Waals surface area contributed by atoms with Crippen molar-refractivity contribution < 1.29 is 9.59 Å². The van der Waals surface area contributed by atoms with Crippen LogP contribution in [0.3, 0.4) is 0 Å². The Morgan fingerprint density at radius 2 is 1.62 bits per heavy atom. The Morgan fingerprint density at radius 1 is 0.966 bits per heavy atom. The Morgan fingerprint density at radius 3 is 2.21 bits per heavy atom. The largest absolute Gasteiger partial charge is 0.372 e. The van der Waals surface area contributed by atoms with Gasteiger partial charge in [0.15, 0.2) is 0 Å². The maximum atomic E-state index is 13.1. The molecule has 1 aliphatic rings. The van der Waals surface area contributed by atoms with E-state index in [-0.39, 0.29) is 30.5 Å². The number of hydrazine groups is 1. The van der Waals surface area contributed by atoms with Gasteiger partial charge in [-0.15, -0.1) is 0 Å². The smallest absolute Gasteiger partial charge is 0.282 e. The van der Waals surface area contributed by atoms with Gasteiger partial charge in [-0.3, -0.25) is 9.59 Å². The normalized spacial score (nSPS) is 15.1. The minimum atomic E-state index is -0.379. The highest BCUT2D eigenvalue weighted by molar-refractivity contribution is 6.31. The van der Waals surface area contributed by atoms with Gasteiger partial charge in [0, 0.05) is 18.8 Å². The van der Waals surface area contributed by atoms with Crippen molar-refractivity contribution in [3.05, 3.63) is 77.2 Å². The summed E-state index contributed by atoms with van der Waals surface area (Å²) in [5, 5.41) is 2.72. The van der Waals surface area contributed by atoms with Crippen LogP contribution in [0.1, 0.15) is 19.4 Å². The number of carbonyl (C=O) groups excluding carboxylic acids is 2. The van der Waals surface area contributed by atoms with E-state index in [1.807, 2.05) is 42.5 Å². The van der Waals surface area contributed by atoms with E-state index in [0.717, 1.165) is 24.3 Å². The van der Waals surface area contributed by atoms with Crippen molar-refractivity contribution in [1.29, 1.82) is 0 Å². The van der Waals surface area contributed by atoms with E-state index < -0.39 is 0 Å². The zero-order valence-electron chi connectivity index (χ0n) is 16.7. The molecule has 2 aromatic rings. The molecule has 29 heavy (non-hydrogen) atoms. The molecule has 1 fully saturated rings. The highest BCUT2D eigenvalue weighted by Gasteiger charge is 2.42. The van der Waals surface area contributed by atoms with Crippen LogP contribution in [0.2, 0.25) is 0 Å². The lowest BCUT2D eigenvalue weighted by molar-refractivity contribution is -0.125. The molecule has 1 aliphatic heterocycles. The minimum Gasteiger partial charge on any atom is -0.372 e. The summed E-state index contributed by atoms with van der Waals surface area (Å²) in [4.78, 5) is 31.6. The topological polar surface area (TPSA) is 48.2 Å². The van der Waals surface area contributed by atoms with E-state index in [9.17, 15) is 9.59 Å². The van der Waals surface area contributed by atoms with E-state index in [1.165, 1.54) is 10.0 Å². The quantitative estimate of drug-likeness (QED) is 0.413. The zero-order valence-corrected chi connectivity index (χ0v) is 16.7. The number of anilines is 2. The average Bonchev–Trinajstić information content (AvgIpc) is 2.99. The Labute approximate surface area is 171 Å². The van der Waals surface area contributed by atoms with Crippen molar-refractivity contribution in [3.63, 3.8) is 0 Å². The zero-order chi connectivity index (χ0) is 20.8. The number of para-hydroxylation sites is 1. The summed E-state index contributed by atoms with van der Waals surface area (Å²) in [5.74, 6) is -0.755. The summed E-state index contributed by atoms with van der Waals surface area (Å²) in [7, 11) is 0. The molecule has 2 amide bonds. The van der Waals surface area contributed by atoms with Crippen LogP contribution in [0.5, 0.6) is 0 Å². The Bertz CT molecular complexity index is 941. The molecular formula is C23H24N4O2. The molecule has 0 aromatic heterocycles. The standard InChI is InChI=1S/C23H24N4O2/c1-4-25(5-2)19-13-11-18(12-14-19)17-21-22(28)26(16-15-24-3)27(23(21)29)20-9-7-6-8-10-20/h6-14,17H,4-5,15-16H2,1-2H3. The number of hydrogen-bond donors (Lipinski definition) is 0. The van der Waals surface area contributed by atoms with Crippen LogP contribution in [0.15, 0.2) is 60.2 Å². The molecule has 2 aromatic carbocycles. The molecule has 0 saturated carbocycles. The fraction of sp³-hybridized carbons (Fsp3) is 0.261. The van der Waals surface area contributed by atoms with Crippen molar-refractivity contribution in [1.82, 2.24) is 5.01 Å². The van der Waals surface area contributed by atoms with Crippen molar-refractivity contribution in [2.45, 2.75) is 13.8 Å². The van der Waals surface area contributed by atoms with Gasteiger partial charge in [-0.05, 0) is 49.8 Å². The summed E-state index contributed by atoms with van der Waals surface area (Å²) >= 11 is 0. The number of nitrogens with zero attached hydrogens (tertiary/aromatic N) is 4. The molecule has 0 radical (unpaired) electrons. The fourth-order valence-electron chi connectivity index (χ4n) is 3.38. The fourth-order valence-corrected chi connectivity index (χ4v) is 3.38. The van der Waals surface area contributed by atoms with E-state index in [0.29, 0.717) is 5.69 Å². The maximum absolute atomic E-state index is 13.1. The molecule has 6 nitrogen and oxygen atoms in total. The van der Waals surface area contributed by atoms with E-state index in [4.69, 9.17) is 6.57 Å². The summed E-state index contributed by atoms with van der Waals surface area (Å²) in [6, 6.07) is 16.8. The highest BCUT2D eigenvalue weighted by atomic mass is 16.2. The van der Waals surface area contributed by atoms with E-state index in [1.54, 1.807) is 18.2 Å². The third-order valence-corrected chi connectivity index (χ3v) is 4.89. The monoisotopic (exact) mass is 388 g/mol. The number of benzene rings is 2. The molecule has 0 bridgehead atoms. The maximum Gasteiger partial charge on any atom is 0.282 e. The van der Waals surface area contributed by atoms with Gasteiger partial charge in [-0.1, -0.05) is 30.3 Å². The minimum absolute atomic E-state index is 0.106. The second-order valence-corrected chi connectivity index (χ2v) is 6.58. The summed E-state index contributed by atoms with van der Waals surface area (Å²) in [6.45, 7) is 13.4. The van der Waals surface area contributed by atoms with E-state index >= 15 is 0 Å². The molecule has 3 rings (SSSR count). The molecule has 0 aliphatic carbocycles. The van der Waals surface area contributed by atoms with Gasteiger partial charge in [0.1, 0.15) is 12.1 Å². The predicted molar refractivity (Wildman–Crippen MR) is 115 cm³/mol. The lowest BCUT2D eigenvalue weighted by Gasteiger charge is -2.25. The first-order chi connectivity index (χ1) is 14.1. The van der Waals surface area contributed by atoms with Gasteiger partial charge in [0.05, 0.1) is 5.69 Å². The Balaban J connectivity index is 1.93. The predicted octanol–water partition coefficient (Wildman–Crippen LogP) is 3.63. The van der Waals surface area contributed by atoms with Crippen molar-refractivity contribution >= 4 is 29.3 Å². The van der Waals surface area contributed by atoms with Gasteiger partial charge >= 0.3 is 0 Å². The van der Waals surface area contributed by atoms with Crippen LogP contribution in [-0.4, -0.2) is 43.0 Å². The molecule has 148 valence electrons. The molecule has 0 N–H and O–H groups in total. The van der Waals surface area contributed by atoms with Crippen molar-refractivity contribution in [3.8, 4) is 0 Å². The number of hydrogen-bond acceptors (Lipinski definition) is 3. The van der Waals surface area contributed by atoms with Gasteiger partial charge in [-0.2, -0.15) is 0 Å². The first kappa shape index (κ1) is 20.2. The third-order valence-electron chi connectivity index (χ3n) is 4.89. The second kappa shape index (κ2) is 9.07. The Kier molecular flexibility index (Phi) is 6.30. The number of carbonyl (C=O) groups is 2. The van der Waals surface area contributed by atoms with Gasteiger partial charge in [0.25, 0.3) is 11.8 Å². The molecule has 0 atom stereocenters. The first-order valence-corrected chi connectivity index (χ1v) is 9.71. The van der Waals surface area contributed by atoms with E-state index in [2.05, 4.69) is 23.6 Å². The van der Waals surface area contributed by atoms with Gasteiger partial charge in [0.2, 0.25) is 6.54 Å². The van der Waals surface area contributed by atoms with Crippen LogP contribution >= 0.6 is 0 Å². The SMILES string of the molecule is [C-]#[N+]CCN1C(=O)C(=Cc2ccc(N(CC)CC)cc2)C(=O)N1c1ccccc1. The van der Waals surface area contributed by atoms with Crippen LogP contribution in [0.25, 0.3) is 10.9 Å².